The molecule has 0 radical (unpaired) electrons. The molecular formula is C38H29N. The Hall–Kier alpha value is -4.10. The van der Waals surface area contributed by atoms with E-state index in [1.807, 2.05) is 0 Å². The van der Waals surface area contributed by atoms with Crippen molar-refractivity contribution in [2.45, 2.75) is 24.7 Å². The smallest absolute Gasteiger partial charge is 0.0541 e. The molecule has 0 aliphatic heterocycles. The lowest BCUT2D eigenvalue weighted by Gasteiger charge is -2.36. The van der Waals surface area contributed by atoms with Crippen molar-refractivity contribution < 1.29 is 0 Å². The lowest BCUT2D eigenvalue weighted by atomic mass is 9.66. The van der Waals surface area contributed by atoms with Gasteiger partial charge in [-0.25, -0.2) is 0 Å². The first-order chi connectivity index (χ1) is 19.3. The minimum Gasteiger partial charge on any atom is -0.309 e. The van der Waals surface area contributed by atoms with Gasteiger partial charge in [0.2, 0.25) is 0 Å². The Morgan fingerprint density at radius 1 is 0.513 bits per heavy atom. The third-order valence-electron chi connectivity index (χ3n) is 11.2. The normalized spacial score (nSPS) is 27.3. The molecule has 5 aliphatic rings. The van der Waals surface area contributed by atoms with Crippen LogP contribution in [0.25, 0.3) is 49.7 Å². The molecule has 39 heavy (non-hydrogen) atoms. The van der Waals surface area contributed by atoms with Gasteiger partial charge in [0.25, 0.3) is 0 Å². The van der Waals surface area contributed by atoms with Crippen molar-refractivity contribution in [3.63, 3.8) is 0 Å². The van der Waals surface area contributed by atoms with E-state index >= 15 is 0 Å². The predicted molar refractivity (Wildman–Crippen MR) is 160 cm³/mol. The van der Waals surface area contributed by atoms with Crippen LogP contribution in [0.3, 0.4) is 0 Å². The van der Waals surface area contributed by atoms with E-state index in [9.17, 15) is 0 Å². The molecule has 0 N–H and O–H groups in total. The molecule has 1 heteroatoms. The SMILES string of the molecule is c1ccc(-n2c3ccccc3c3cc(-c4ccc5c(c4)-c4ccccc4C54C5CC6CC5CC64)ccc32)cc1. The lowest BCUT2D eigenvalue weighted by Crippen LogP contribution is -2.34. The summed E-state index contributed by atoms with van der Waals surface area (Å²) < 4.78 is 2.40. The van der Waals surface area contributed by atoms with Crippen LogP contribution in [0.1, 0.15) is 30.4 Å². The zero-order valence-electron chi connectivity index (χ0n) is 21.8. The van der Waals surface area contributed by atoms with Gasteiger partial charge in [0, 0.05) is 21.9 Å². The highest BCUT2D eigenvalue weighted by Crippen LogP contribution is 2.76. The van der Waals surface area contributed by atoms with E-state index in [2.05, 4.69) is 120 Å². The Kier molecular flexibility index (Phi) is 3.79. The number of hydrogen-bond acceptors (Lipinski definition) is 0. The summed E-state index contributed by atoms with van der Waals surface area (Å²) in [6.07, 6.45) is 4.39. The second kappa shape index (κ2) is 7.10. The van der Waals surface area contributed by atoms with Gasteiger partial charge in [-0.2, -0.15) is 0 Å². The summed E-state index contributed by atoms with van der Waals surface area (Å²) in [5, 5.41) is 2.63. The Labute approximate surface area is 228 Å². The summed E-state index contributed by atoms with van der Waals surface area (Å²) in [7, 11) is 0. The summed E-state index contributed by atoms with van der Waals surface area (Å²) in [6.45, 7) is 0. The average molecular weight is 500 g/mol. The van der Waals surface area contributed by atoms with Gasteiger partial charge in [0.15, 0.2) is 0 Å². The van der Waals surface area contributed by atoms with Crippen LogP contribution in [-0.2, 0) is 5.41 Å². The van der Waals surface area contributed by atoms with Crippen LogP contribution in [-0.4, -0.2) is 4.57 Å². The molecule has 4 bridgehead atoms. The van der Waals surface area contributed by atoms with Crippen LogP contribution < -0.4 is 0 Å². The van der Waals surface area contributed by atoms with Crippen molar-refractivity contribution in [3.05, 3.63) is 126 Å². The molecule has 1 spiro atoms. The topological polar surface area (TPSA) is 4.93 Å². The standard InChI is InChI=1S/C38H29N/c1-2-8-27(9-3-1)39-36-13-7-5-11-29(36)31-20-24(15-17-37(31)39)23-14-16-33-30(19-23)28-10-4-6-12-32(28)38(33)34-21-25-18-26(34)22-35(25)38/h1-17,19-20,25-26,34-35H,18,21-22H2. The Morgan fingerprint density at radius 3 is 2.03 bits per heavy atom. The van der Waals surface area contributed by atoms with Gasteiger partial charge in [-0.1, -0.05) is 78.9 Å². The highest BCUT2D eigenvalue weighted by atomic mass is 15.0. The van der Waals surface area contributed by atoms with Crippen LogP contribution >= 0.6 is 0 Å². The van der Waals surface area contributed by atoms with Gasteiger partial charge in [-0.3, -0.25) is 0 Å². The Bertz CT molecular complexity index is 1960. The van der Waals surface area contributed by atoms with E-state index in [1.165, 1.54) is 69.0 Å². The van der Waals surface area contributed by atoms with Crippen molar-refractivity contribution in [3.8, 4) is 27.9 Å². The van der Waals surface area contributed by atoms with Crippen LogP contribution in [0.5, 0.6) is 0 Å². The van der Waals surface area contributed by atoms with E-state index in [-0.39, 0.29) is 5.41 Å². The average Bonchev–Trinajstić information content (AvgIpc) is 3.83. The predicted octanol–water partition coefficient (Wildman–Crippen LogP) is 9.39. The van der Waals surface area contributed by atoms with E-state index in [0.717, 1.165) is 23.7 Å². The summed E-state index contributed by atoms with van der Waals surface area (Å²) in [6, 6.07) is 43.5. The van der Waals surface area contributed by atoms with Crippen LogP contribution in [0.15, 0.2) is 115 Å². The van der Waals surface area contributed by atoms with Crippen molar-refractivity contribution in [1.29, 1.82) is 0 Å². The van der Waals surface area contributed by atoms with Gasteiger partial charge < -0.3 is 4.57 Å². The monoisotopic (exact) mass is 499 g/mol. The lowest BCUT2D eigenvalue weighted by molar-refractivity contribution is 0.307. The van der Waals surface area contributed by atoms with Crippen LogP contribution in [0.2, 0.25) is 0 Å². The summed E-state index contributed by atoms with van der Waals surface area (Å²) in [5.41, 5.74) is 12.9. The second-order valence-corrected chi connectivity index (χ2v) is 12.5. The molecular weight excluding hydrogens is 470 g/mol. The first-order valence-corrected chi connectivity index (χ1v) is 14.7. The van der Waals surface area contributed by atoms with Gasteiger partial charge in [0.1, 0.15) is 0 Å². The van der Waals surface area contributed by atoms with E-state index < -0.39 is 0 Å². The fourth-order valence-corrected chi connectivity index (χ4v) is 10.0. The zero-order valence-corrected chi connectivity index (χ0v) is 21.8. The third-order valence-corrected chi connectivity index (χ3v) is 11.2. The molecule has 1 nitrogen and oxygen atoms in total. The minimum atomic E-state index is 0.283. The van der Waals surface area contributed by atoms with Crippen molar-refractivity contribution in [1.82, 2.24) is 4.57 Å². The van der Waals surface area contributed by atoms with E-state index in [4.69, 9.17) is 0 Å². The van der Waals surface area contributed by atoms with E-state index in [1.54, 1.807) is 11.1 Å². The molecule has 6 aromatic rings. The first kappa shape index (κ1) is 20.8. The summed E-state index contributed by atoms with van der Waals surface area (Å²) >= 11 is 0. The maximum absolute atomic E-state index is 2.53. The van der Waals surface area contributed by atoms with Crippen molar-refractivity contribution in [2.75, 3.05) is 0 Å². The fourth-order valence-electron chi connectivity index (χ4n) is 10.0. The largest absolute Gasteiger partial charge is 0.309 e. The van der Waals surface area contributed by atoms with Gasteiger partial charge in [-0.05, 0) is 113 Å². The molecule has 4 unspecified atom stereocenters. The molecule has 4 saturated carbocycles. The zero-order chi connectivity index (χ0) is 25.3. The molecule has 11 rings (SSSR count). The van der Waals surface area contributed by atoms with Crippen molar-refractivity contribution in [2.24, 2.45) is 23.7 Å². The van der Waals surface area contributed by atoms with Crippen LogP contribution in [0, 0.1) is 23.7 Å². The molecule has 5 aromatic carbocycles. The minimum absolute atomic E-state index is 0.283. The highest BCUT2D eigenvalue weighted by molar-refractivity contribution is 6.10. The van der Waals surface area contributed by atoms with Crippen LogP contribution in [0.4, 0.5) is 0 Å². The van der Waals surface area contributed by atoms with Gasteiger partial charge >= 0.3 is 0 Å². The molecule has 1 aromatic heterocycles. The molecule has 1 heterocycles. The molecule has 4 fully saturated rings. The number of benzene rings is 5. The summed E-state index contributed by atoms with van der Waals surface area (Å²) in [5.74, 6) is 3.59. The molecule has 0 amide bonds. The van der Waals surface area contributed by atoms with Gasteiger partial charge in [-0.15, -0.1) is 0 Å². The number of nitrogens with zero attached hydrogens (tertiary/aromatic N) is 1. The Morgan fingerprint density at radius 2 is 1.18 bits per heavy atom. The Balaban J connectivity index is 1.18. The number of aromatic nitrogens is 1. The number of para-hydroxylation sites is 2. The number of hydrogen-bond donors (Lipinski definition) is 0. The maximum Gasteiger partial charge on any atom is 0.0541 e. The number of fused-ring (bicyclic) bond motifs is 6. The fraction of sp³-hybridized carbons (Fsp3) is 0.211. The third kappa shape index (κ3) is 2.40. The molecule has 186 valence electrons. The number of rotatable bonds is 2. The van der Waals surface area contributed by atoms with E-state index in [0.29, 0.717) is 0 Å². The summed E-state index contributed by atoms with van der Waals surface area (Å²) in [4.78, 5) is 0. The first-order valence-electron chi connectivity index (χ1n) is 14.7. The quantitative estimate of drug-likeness (QED) is 0.224. The molecule has 4 atom stereocenters. The van der Waals surface area contributed by atoms with Gasteiger partial charge in [0.05, 0.1) is 11.0 Å². The molecule has 0 saturated heterocycles. The van der Waals surface area contributed by atoms with Crippen molar-refractivity contribution >= 4 is 21.8 Å². The highest BCUT2D eigenvalue weighted by Gasteiger charge is 2.70. The molecule has 5 aliphatic carbocycles. The second-order valence-electron chi connectivity index (χ2n) is 12.5. The maximum atomic E-state index is 2.53.